The lowest BCUT2D eigenvalue weighted by Gasteiger charge is -2.33. The molecule has 0 aromatic heterocycles. The highest BCUT2D eigenvalue weighted by molar-refractivity contribution is 6.35. The smallest absolute Gasteiger partial charge is 0.311 e. The number of carbonyl (C=O) groups is 2. The van der Waals surface area contributed by atoms with Crippen molar-refractivity contribution in [1.29, 1.82) is 0 Å². The maximum absolute atomic E-state index is 11.8. The van der Waals surface area contributed by atoms with Crippen molar-refractivity contribution in [2.24, 2.45) is 11.8 Å². The summed E-state index contributed by atoms with van der Waals surface area (Å²) < 4.78 is 0. The zero-order valence-corrected chi connectivity index (χ0v) is 11.3. The van der Waals surface area contributed by atoms with Gasteiger partial charge < -0.3 is 10.2 Å². The Balaban J connectivity index is 2.43. The number of nitrogens with one attached hydrogen (secondary N) is 1. The van der Waals surface area contributed by atoms with Crippen molar-refractivity contribution >= 4 is 11.8 Å². The first-order valence-corrected chi connectivity index (χ1v) is 6.51. The Morgan fingerprint density at radius 2 is 1.65 bits per heavy atom. The molecule has 1 heterocycles. The maximum atomic E-state index is 11.8. The maximum Gasteiger partial charge on any atom is 0.311 e. The number of piperidine rings is 1. The van der Waals surface area contributed by atoms with Gasteiger partial charge >= 0.3 is 11.8 Å². The first-order chi connectivity index (χ1) is 7.91. The van der Waals surface area contributed by atoms with Gasteiger partial charge in [0.05, 0.1) is 0 Å². The van der Waals surface area contributed by atoms with Crippen LogP contribution in [0.2, 0.25) is 0 Å². The predicted octanol–water partition coefficient (Wildman–Crippen LogP) is 1.41. The van der Waals surface area contributed by atoms with E-state index in [2.05, 4.69) is 19.2 Å². The molecule has 2 amide bonds. The molecule has 0 bridgehead atoms. The summed E-state index contributed by atoms with van der Waals surface area (Å²) in [5.74, 6) is 0.507. The molecule has 1 fully saturated rings. The molecule has 0 aliphatic carbocycles. The fourth-order valence-corrected chi connectivity index (χ4v) is 2.24. The van der Waals surface area contributed by atoms with Gasteiger partial charge in [-0.05, 0) is 38.5 Å². The van der Waals surface area contributed by atoms with Crippen molar-refractivity contribution in [1.82, 2.24) is 10.2 Å². The first-order valence-electron chi connectivity index (χ1n) is 6.51. The Morgan fingerprint density at radius 1 is 1.12 bits per heavy atom. The minimum atomic E-state index is -0.469. The third kappa shape index (κ3) is 4.02. The van der Waals surface area contributed by atoms with Crippen molar-refractivity contribution in [2.75, 3.05) is 13.1 Å². The fraction of sp³-hybridized carbons (Fsp3) is 0.846. The number of hydrogen-bond acceptors (Lipinski definition) is 2. The standard InChI is InChI=1S/C13H24N2O2/c1-9(2)11-5-7-15(8-6-11)13(17)12(16)14-10(3)4/h9-11H,5-8H2,1-4H3,(H,14,16). The summed E-state index contributed by atoms with van der Waals surface area (Å²) >= 11 is 0. The molecule has 0 radical (unpaired) electrons. The van der Waals surface area contributed by atoms with Crippen LogP contribution in [0.5, 0.6) is 0 Å². The Kier molecular flexibility index (Phi) is 4.97. The molecule has 1 aliphatic heterocycles. The number of hydrogen-bond donors (Lipinski definition) is 1. The van der Waals surface area contributed by atoms with E-state index in [-0.39, 0.29) is 11.9 Å². The zero-order chi connectivity index (χ0) is 13.0. The van der Waals surface area contributed by atoms with Gasteiger partial charge in [0, 0.05) is 19.1 Å². The average molecular weight is 240 g/mol. The molecule has 0 unspecified atom stereocenters. The van der Waals surface area contributed by atoms with Crippen molar-refractivity contribution in [3.63, 3.8) is 0 Å². The van der Waals surface area contributed by atoms with Crippen molar-refractivity contribution in [2.45, 2.75) is 46.6 Å². The van der Waals surface area contributed by atoms with E-state index in [9.17, 15) is 9.59 Å². The second kappa shape index (κ2) is 6.03. The fourth-order valence-electron chi connectivity index (χ4n) is 2.24. The molecule has 4 nitrogen and oxygen atoms in total. The second-order valence-corrected chi connectivity index (χ2v) is 5.50. The van der Waals surface area contributed by atoms with Crippen LogP contribution in [0.3, 0.4) is 0 Å². The van der Waals surface area contributed by atoms with Gasteiger partial charge in [0.25, 0.3) is 0 Å². The number of rotatable bonds is 2. The lowest BCUT2D eigenvalue weighted by Crippen LogP contribution is -2.48. The third-order valence-electron chi connectivity index (χ3n) is 3.38. The van der Waals surface area contributed by atoms with Crippen LogP contribution in [0.15, 0.2) is 0 Å². The molecular formula is C13H24N2O2. The summed E-state index contributed by atoms with van der Waals surface area (Å²) in [7, 11) is 0. The number of nitrogens with zero attached hydrogens (tertiary/aromatic N) is 1. The van der Waals surface area contributed by atoms with Gasteiger partial charge in [-0.3, -0.25) is 9.59 Å². The molecule has 17 heavy (non-hydrogen) atoms. The molecule has 0 atom stereocenters. The van der Waals surface area contributed by atoms with Crippen LogP contribution >= 0.6 is 0 Å². The number of likely N-dealkylation sites (tertiary alicyclic amines) is 1. The van der Waals surface area contributed by atoms with E-state index in [0.29, 0.717) is 24.9 Å². The van der Waals surface area contributed by atoms with Gasteiger partial charge in [-0.1, -0.05) is 13.8 Å². The summed E-state index contributed by atoms with van der Waals surface area (Å²) in [5.41, 5.74) is 0. The molecule has 1 rings (SSSR count). The van der Waals surface area contributed by atoms with Crippen molar-refractivity contribution < 1.29 is 9.59 Å². The minimum absolute atomic E-state index is 0.0136. The molecule has 0 aromatic carbocycles. The van der Waals surface area contributed by atoms with Gasteiger partial charge in [0.15, 0.2) is 0 Å². The highest BCUT2D eigenvalue weighted by Gasteiger charge is 2.28. The summed E-state index contributed by atoms with van der Waals surface area (Å²) in [6.07, 6.45) is 2.02. The van der Waals surface area contributed by atoms with E-state index in [1.807, 2.05) is 13.8 Å². The quantitative estimate of drug-likeness (QED) is 0.742. The first kappa shape index (κ1) is 14.0. The Morgan fingerprint density at radius 3 is 2.06 bits per heavy atom. The molecule has 98 valence electrons. The zero-order valence-electron chi connectivity index (χ0n) is 11.3. The van der Waals surface area contributed by atoms with Gasteiger partial charge in [0.1, 0.15) is 0 Å². The molecular weight excluding hydrogens is 216 g/mol. The largest absolute Gasteiger partial charge is 0.346 e. The molecule has 1 saturated heterocycles. The van der Waals surface area contributed by atoms with Gasteiger partial charge in [-0.15, -0.1) is 0 Å². The van der Waals surface area contributed by atoms with Gasteiger partial charge in [-0.2, -0.15) is 0 Å². The molecule has 0 spiro atoms. The van der Waals surface area contributed by atoms with E-state index >= 15 is 0 Å². The summed E-state index contributed by atoms with van der Waals surface area (Å²) in [6, 6.07) is 0.0136. The molecule has 0 aromatic rings. The molecule has 4 heteroatoms. The predicted molar refractivity (Wildman–Crippen MR) is 67.4 cm³/mol. The third-order valence-corrected chi connectivity index (χ3v) is 3.38. The van der Waals surface area contributed by atoms with E-state index in [4.69, 9.17) is 0 Å². The Labute approximate surface area is 104 Å². The lowest BCUT2D eigenvalue weighted by molar-refractivity contribution is -0.147. The van der Waals surface area contributed by atoms with Crippen LogP contribution in [-0.4, -0.2) is 35.8 Å². The minimum Gasteiger partial charge on any atom is -0.346 e. The molecule has 1 N–H and O–H groups in total. The van der Waals surface area contributed by atoms with Gasteiger partial charge in [-0.25, -0.2) is 0 Å². The highest BCUT2D eigenvalue weighted by atomic mass is 16.2. The monoisotopic (exact) mass is 240 g/mol. The van der Waals surface area contributed by atoms with Crippen LogP contribution in [0.25, 0.3) is 0 Å². The number of amides is 2. The van der Waals surface area contributed by atoms with Crippen LogP contribution in [0.1, 0.15) is 40.5 Å². The normalized spacial score (nSPS) is 17.6. The van der Waals surface area contributed by atoms with Crippen LogP contribution in [-0.2, 0) is 9.59 Å². The summed E-state index contributed by atoms with van der Waals surface area (Å²) in [4.78, 5) is 25.1. The topological polar surface area (TPSA) is 49.4 Å². The van der Waals surface area contributed by atoms with Gasteiger partial charge in [0.2, 0.25) is 0 Å². The highest BCUT2D eigenvalue weighted by Crippen LogP contribution is 2.24. The SMILES string of the molecule is CC(C)NC(=O)C(=O)N1CCC(C(C)C)CC1. The molecule has 0 saturated carbocycles. The summed E-state index contributed by atoms with van der Waals surface area (Å²) in [5, 5.41) is 2.64. The Hall–Kier alpha value is -1.06. The average Bonchev–Trinajstić information content (AvgIpc) is 2.27. The van der Waals surface area contributed by atoms with Crippen LogP contribution in [0, 0.1) is 11.8 Å². The molecule has 1 aliphatic rings. The van der Waals surface area contributed by atoms with Crippen molar-refractivity contribution in [3.8, 4) is 0 Å². The van der Waals surface area contributed by atoms with Crippen LogP contribution in [0.4, 0.5) is 0 Å². The lowest BCUT2D eigenvalue weighted by atomic mass is 9.87. The summed E-state index contributed by atoms with van der Waals surface area (Å²) in [6.45, 7) is 9.58. The van der Waals surface area contributed by atoms with Crippen LogP contribution < -0.4 is 5.32 Å². The Bertz CT molecular complexity index is 279. The van der Waals surface area contributed by atoms with E-state index in [1.165, 1.54) is 0 Å². The van der Waals surface area contributed by atoms with Crippen molar-refractivity contribution in [3.05, 3.63) is 0 Å². The van der Waals surface area contributed by atoms with E-state index in [1.54, 1.807) is 4.90 Å². The van der Waals surface area contributed by atoms with E-state index < -0.39 is 5.91 Å². The van der Waals surface area contributed by atoms with E-state index in [0.717, 1.165) is 12.8 Å². The second-order valence-electron chi connectivity index (χ2n) is 5.50. The number of carbonyl (C=O) groups excluding carboxylic acids is 2.